The number of fused-ring (bicyclic) bond motifs is 1. The highest BCUT2D eigenvalue weighted by Gasteiger charge is 2.41. The number of halogens is 4. The van der Waals surface area contributed by atoms with Gasteiger partial charge in [-0.3, -0.25) is 4.98 Å². The highest BCUT2D eigenvalue weighted by molar-refractivity contribution is 7.89. The van der Waals surface area contributed by atoms with Gasteiger partial charge < -0.3 is 4.57 Å². The number of thiol groups is 1. The van der Waals surface area contributed by atoms with Gasteiger partial charge in [0.15, 0.2) is 0 Å². The fourth-order valence-corrected chi connectivity index (χ4v) is 5.46. The Bertz CT molecular complexity index is 1390. The maximum atomic E-state index is 14.2. The summed E-state index contributed by atoms with van der Waals surface area (Å²) in [5.41, 5.74) is 1.44. The number of nitrogens with one attached hydrogen (secondary N) is 1. The number of aromatic nitrogens is 2. The van der Waals surface area contributed by atoms with Crippen LogP contribution in [-0.4, -0.2) is 30.2 Å². The second-order valence-electron chi connectivity index (χ2n) is 8.11. The molecule has 6 nitrogen and oxygen atoms in total. The Kier molecular flexibility index (Phi) is 6.39. The first-order valence-corrected chi connectivity index (χ1v) is 12.4. The van der Waals surface area contributed by atoms with Crippen molar-refractivity contribution in [2.45, 2.75) is 60.7 Å². The van der Waals surface area contributed by atoms with E-state index in [9.17, 15) is 31.2 Å². The Balaban J connectivity index is 1.81. The molecule has 0 aliphatic heterocycles. The van der Waals surface area contributed by atoms with E-state index in [1.54, 1.807) is 10.8 Å². The van der Waals surface area contributed by atoms with E-state index in [4.69, 9.17) is 0 Å². The third kappa shape index (κ3) is 4.28. The second-order valence-corrected chi connectivity index (χ2v) is 10.3. The van der Waals surface area contributed by atoms with E-state index < -0.39 is 39.4 Å². The molecule has 3 aromatic rings. The lowest BCUT2D eigenvalue weighted by Gasteiger charge is -2.30. The SMILES string of the molecule is CC[C@H](NS(=O)(=O)c1ccc(-c2c(C#N)c3cc(F)c(S)cc3n2C2CCC2)nc1)C(F)(F)F. The standard InChI is InChI=1S/C22H20F4N4O2S2/c1-2-20(22(24,25)26)29-34(31,32)13-6-7-17(28-11-13)21-15(10-27)14-8-16(23)19(33)9-18(14)30(21)12-4-3-5-12/h6-9,11-12,20,29,33H,2-5H2,1H3/t20-/m0/s1. The third-order valence-electron chi connectivity index (χ3n) is 6.01. The zero-order chi connectivity index (χ0) is 24.8. The van der Waals surface area contributed by atoms with Gasteiger partial charge in [-0.25, -0.2) is 12.8 Å². The molecular formula is C22H20F4N4O2S2. The number of alkyl halides is 3. The van der Waals surface area contributed by atoms with Crippen molar-refractivity contribution in [3.8, 4) is 17.5 Å². The van der Waals surface area contributed by atoms with E-state index in [1.807, 2.05) is 4.57 Å². The average molecular weight is 513 g/mol. The largest absolute Gasteiger partial charge is 0.404 e. The van der Waals surface area contributed by atoms with Crippen LogP contribution in [0.15, 0.2) is 40.3 Å². The number of sulfonamides is 1. The summed E-state index contributed by atoms with van der Waals surface area (Å²) in [4.78, 5) is 3.86. The smallest absolute Gasteiger partial charge is 0.335 e. The van der Waals surface area contributed by atoms with Gasteiger partial charge in [-0.05, 0) is 49.9 Å². The van der Waals surface area contributed by atoms with E-state index >= 15 is 0 Å². The van der Waals surface area contributed by atoms with E-state index in [-0.39, 0.29) is 22.2 Å². The molecule has 0 amide bonds. The molecule has 12 heteroatoms. The predicted molar refractivity (Wildman–Crippen MR) is 120 cm³/mol. The third-order valence-corrected chi connectivity index (χ3v) is 7.81. The lowest BCUT2D eigenvalue weighted by Crippen LogP contribution is -2.44. The highest BCUT2D eigenvalue weighted by Crippen LogP contribution is 2.43. The predicted octanol–water partition coefficient (Wildman–Crippen LogP) is 5.35. The first kappa shape index (κ1) is 24.5. The fourth-order valence-electron chi connectivity index (χ4n) is 4.02. The van der Waals surface area contributed by atoms with Crippen molar-refractivity contribution in [3.05, 3.63) is 41.8 Å². The molecule has 34 heavy (non-hydrogen) atoms. The van der Waals surface area contributed by atoms with Crippen LogP contribution in [0.25, 0.3) is 22.3 Å². The van der Waals surface area contributed by atoms with Crippen LogP contribution in [0, 0.1) is 17.1 Å². The molecule has 0 radical (unpaired) electrons. The Morgan fingerprint density at radius 3 is 2.53 bits per heavy atom. The lowest BCUT2D eigenvalue weighted by molar-refractivity contribution is -0.151. The molecule has 1 aliphatic carbocycles. The maximum Gasteiger partial charge on any atom is 0.404 e. The molecule has 2 heterocycles. The number of hydrogen-bond acceptors (Lipinski definition) is 5. The van der Waals surface area contributed by atoms with E-state index in [1.165, 1.54) is 19.1 Å². The summed E-state index contributed by atoms with van der Waals surface area (Å²) in [5.74, 6) is -0.583. The molecule has 1 aromatic carbocycles. The number of nitriles is 1. The zero-order valence-electron chi connectivity index (χ0n) is 17.9. The molecule has 180 valence electrons. The minimum absolute atomic E-state index is 0.0433. The fraction of sp³-hybridized carbons (Fsp3) is 0.364. The monoisotopic (exact) mass is 512 g/mol. The van der Waals surface area contributed by atoms with Crippen molar-refractivity contribution >= 4 is 33.6 Å². The summed E-state index contributed by atoms with van der Waals surface area (Å²) in [6.07, 6.45) is -1.59. The molecule has 1 aliphatic rings. The molecule has 0 saturated heterocycles. The van der Waals surface area contributed by atoms with Gasteiger partial charge >= 0.3 is 6.18 Å². The summed E-state index contributed by atoms with van der Waals surface area (Å²) in [6.45, 7) is 1.23. The molecule has 4 rings (SSSR count). The Morgan fingerprint density at radius 1 is 1.32 bits per heavy atom. The molecule has 0 unspecified atom stereocenters. The van der Waals surface area contributed by atoms with E-state index in [0.717, 1.165) is 31.5 Å². The van der Waals surface area contributed by atoms with Crippen molar-refractivity contribution in [1.82, 2.24) is 14.3 Å². The molecule has 0 spiro atoms. The van der Waals surface area contributed by atoms with Crippen molar-refractivity contribution in [1.29, 1.82) is 5.26 Å². The van der Waals surface area contributed by atoms with Gasteiger partial charge in [0.2, 0.25) is 10.0 Å². The normalized spacial score (nSPS) is 15.8. The summed E-state index contributed by atoms with van der Waals surface area (Å²) < 4.78 is 81.9. The van der Waals surface area contributed by atoms with Gasteiger partial charge in [0.25, 0.3) is 0 Å². The molecule has 1 N–H and O–H groups in total. The number of pyridine rings is 1. The van der Waals surface area contributed by atoms with Gasteiger partial charge in [0, 0.05) is 22.5 Å². The van der Waals surface area contributed by atoms with Crippen LogP contribution in [0.1, 0.15) is 44.2 Å². The minimum atomic E-state index is -4.73. The van der Waals surface area contributed by atoms with Gasteiger partial charge in [0.1, 0.15) is 22.8 Å². The molecule has 1 atom stereocenters. The zero-order valence-corrected chi connectivity index (χ0v) is 19.6. The van der Waals surface area contributed by atoms with Gasteiger partial charge in [-0.1, -0.05) is 6.92 Å². The number of rotatable bonds is 6. The minimum Gasteiger partial charge on any atom is -0.335 e. The van der Waals surface area contributed by atoms with Crippen molar-refractivity contribution in [2.24, 2.45) is 0 Å². The van der Waals surface area contributed by atoms with Crippen molar-refractivity contribution in [3.63, 3.8) is 0 Å². The average Bonchev–Trinajstić information content (AvgIpc) is 3.03. The van der Waals surface area contributed by atoms with Gasteiger partial charge in [-0.15, -0.1) is 12.6 Å². The van der Waals surface area contributed by atoms with E-state index in [0.29, 0.717) is 16.6 Å². The molecule has 1 saturated carbocycles. The highest BCUT2D eigenvalue weighted by atomic mass is 32.2. The van der Waals surface area contributed by atoms with Crippen LogP contribution in [0.5, 0.6) is 0 Å². The molecule has 2 aromatic heterocycles. The van der Waals surface area contributed by atoms with Crippen LogP contribution in [-0.2, 0) is 10.0 Å². The number of nitrogens with zero attached hydrogens (tertiary/aromatic N) is 3. The molecular weight excluding hydrogens is 492 g/mol. The number of benzene rings is 1. The Labute approximate surface area is 199 Å². The maximum absolute atomic E-state index is 14.2. The van der Waals surface area contributed by atoms with Gasteiger partial charge in [0.05, 0.1) is 22.5 Å². The quantitative estimate of drug-likeness (QED) is 0.345. The topological polar surface area (TPSA) is 87.8 Å². The molecule has 0 bridgehead atoms. The second kappa shape index (κ2) is 8.87. The summed E-state index contributed by atoms with van der Waals surface area (Å²) in [5, 5.41) is 10.3. The Hall–Kier alpha value is -2.62. The van der Waals surface area contributed by atoms with Crippen LogP contribution < -0.4 is 4.72 Å². The first-order valence-electron chi connectivity index (χ1n) is 10.5. The Morgan fingerprint density at radius 2 is 2.03 bits per heavy atom. The van der Waals surface area contributed by atoms with E-state index in [2.05, 4.69) is 23.7 Å². The van der Waals surface area contributed by atoms with Gasteiger partial charge in [-0.2, -0.15) is 23.2 Å². The van der Waals surface area contributed by atoms with Crippen molar-refractivity contribution < 1.29 is 26.0 Å². The summed E-state index contributed by atoms with van der Waals surface area (Å²) in [6, 6.07) is 5.17. The summed E-state index contributed by atoms with van der Waals surface area (Å²) >= 11 is 4.16. The number of hydrogen-bond donors (Lipinski definition) is 2. The molecule has 1 fully saturated rings. The van der Waals surface area contributed by atoms with Crippen LogP contribution >= 0.6 is 12.6 Å². The van der Waals surface area contributed by atoms with Crippen molar-refractivity contribution in [2.75, 3.05) is 0 Å². The first-order chi connectivity index (χ1) is 16.0. The van der Waals surface area contributed by atoms with Crippen LogP contribution in [0.4, 0.5) is 17.6 Å². The summed E-state index contributed by atoms with van der Waals surface area (Å²) in [7, 11) is -4.49. The lowest BCUT2D eigenvalue weighted by atomic mass is 9.92. The van der Waals surface area contributed by atoms with Crippen LogP contribution in [0.3, 0.4) is 0 Å². The van der Waals surface area contributed by atoms with Crippen LogP contribution in [0.2, 0.25) is 0 Å².